The molecule has 0 saturated heterocycles. The van der Waals surface area contributed by atoms with Gasteiger partial charge in [-0.05, 0) is 18.2 Å². The summed E-state index contributed by atoms with van der Waals surface area (Å²) in [7, 11) is 0. The Morgan fingerprint density at radius 2 is 2.37 bits per heavy atom. The van der Waals surface area contributed by atoms with E-state index < -0.39 is 0 Å². The van der Waals surface area contributed by atoms with Crippen molar-refractivity contribution in [3.63, 3.8) is 0 Å². The molecule has 0 fully saturated rings. The molecule has 2 aromatic heterocycles. The van der Waals surface area contributed by atoms with Crippen LogP contribution in [0.2, 0.25) is 0 Å². The van der Waals surface area contributed by atoms with Gasteiger partial charge in [0.05, 0.1) is 12.2 Å². The Morgan fingerprint density at radius 3 is 3.21 bits per heavy atom. The van der Waals surface area contributed by atoms with Crippen LogP contribution < -0.4 is 5.32 Å². The van der Waals surface area contributed by atoms with E-state index in [9.17, 15) is 4.79 Å². The lowest BCUT2D eigenvalue weighted by Gasteiger charge is -2.05. The highest BCUT2D eigenvalue weighted by Crippen LogP contribution is 2.15. The maximum Gasteiger partial charge on any atom is 0.251 e. The lowest BCUT2D eigenvalue weighted by Crippen LogP contribution is -2.23. The fourth-order valence-corrected chi connectivity index (χ4v) is 3.05. The monoisotopic (exact) mass is 335 g/mol. The van der Waals surface area contributed by atoms with Gasteiger partial charge in [0, 0.05) is 27.8 Å². The number of hydrogen-bond donors (Lipinski definition) is 1. The van der Waals surface area contributed by atoms with Crippen molar-refractivity contribution in [3.05, 3.63) is 57.8 Å². The zero-order chi connectivity index (χ0) is 13.2. The van der Waals surface area contributed by atoms with Crippen molar-refractivity contribution < 1.29 is 4.79 Å². The lowest BCUT2D eigenvalue weighted by atomic mass is 10.2. The van der Waals surface area contributed by atoms with Crippen molar-refractivity contribution in [2.75, 3.05) is 0 Å². The third kappa shape index (κ3) is 2.54. The number of carbonyl (C=O) groups excluding carboxylic acids is 1. The van der Waals surface area contributed by atoms with Gasteiger partial charge in [0.2, 0.25) is 0 Å². The summed E-state index contributed by atoms with van der Waals surface area (Å²) < 4.78 is 2.87. The molecule has 0 aliphatic rings. The molecule has 0 aliphatic heterocycles. The smallest absolute Gasteiger partial charge is 0.251 e. The number of nitrogens with one attached hydrogen (secondary N) is 1. The predicted molar refractivity (Wildman–Crippen MR) is 78.4 cm³/mol. The van der Waals surface area contributed by atoms with Gasteiger partial charge < -0.3 is 5.32 Å². The maximum atomic E-state index is 12.0. The summed E-state index contributed by atoms with van der Waals surface area (Å²) in [6.07, 6.45) is 3.65. The molecule has 1 aromatic carbocycles. The van der Waals surface area contributed by atoms with Crippen LogP contribution in [0, 0.1) is 0 Å². The standard InChI is InChI=1S/C13H10BrN3OS/c14-10-3-1-2-9(6-10)12(18)16-7-11-8-19-13-15-4-5-17(11)13/h1-6,8H,7H2,(H,16,18). The van der Waals surface area contributed by atoms with Crippen molar-refractivity contribution in [3.8, 4) is 0 Å². The minimum Gasteiger partial charge on any atom is -0.346 e. The molecule has 0 bridgehead atoms. The number of imidazole rings is 1. The largest absolute Gasteiger partial charge is 0.346 e. The van der Waals surface area contributed by atoms with Crippen LogP contribution in [0.25, 0.3) is 4.96 Å². The number of benzene rings is 1. The molecule has 0 saturated carbocycles. The quantitative estimate of drug-likeness (QED) is 0.799. The Labute approximate surface area is 122 Å². The number of fused-ring (bicyclic) bond motifs is 1. The van der Waals surface area contributed by atoms with E-state index in [1.165, 1.54) is 0 Å². The Hall–Kier alpha value is -1.66. The Kier molecular flexibility index (Phi) is 3.35. The molecule has 19 heavy (non-hydrogen) atoms. The van der Waals surface area contributed by atoms with Crippen LogP contribution in [0.3, 0.4) is 0 Å². The van der Waals surface area contributed by atoms with Gasteiger partial charge in [0.1, 0.15) is 0 Å². The minimum absolute atomic E-state index is 0.0826. The van der Waals surface area contributed by atoms with Gasteiger partial charge in [-0.25, -0.2) is 4.98 Å². The van der Waals surface area contributed by atoms with Gasteiger partial charge in [-0.1, -0.05) is 22.0 Å². The zero-order valence-electron chi connectivity index (χ0n) is 9.84. The van der Waals surface area contributed by atoms with Crippen molar-refractivity contribution in [1.29, 1.82) is 0 Å². The van der Waals surface area contributed by atoms with Crippen LogP contribution >= 0.6 is 27.3 Å². The third-order valence-electron chi connectivity index (χ3n) is 2.73. The van der Waals surface area contributed by atoms with Crippen molar-refractivity contribution >= 4 is 38.1 Å². The maximum absolute atomic E-state index is 12.0. The first kappa shape index (κ1) is 12.4. The number of nitrogens with zero attached hydrogens (tertiary/aromatic N) is 2. The van der Waals surface area contributed by atoms with Gasteiger partial charge in [0.25, 0.3) is 5.91 Å². The molecule has 1 N–H and O–H groups in total. The van der Waals surface area contributed by atoms with Crippen LogP contribution in [0.5, 0.6) is 0 Å². The van der Waals surface area contributed by atoms with E-state index in [1.807, 2.05) is 28.1 Å². The van der Waals surface area contributed by atoms with Crippen LogP contribution in [-0.4, -0.2) is 15.3 Å². The average Bonchev–Trinajstić information content (AvgIpc) is 2.99. The summed E-state index contributed by atoms with van der Waals surface area (Å²) in [5, 5.41) is 4.91. The summed E-state index contributed by atoms with van der Waals surface area (Å²) in [5.74, 6) is -0.0826. The molecular formula is C13H10BrN3OS. The third-order valence-corrected chi connectivity index (χ3v) is 4.13. The lowest BCUT2D eigenvalue weighted by molar-refractivity contribution is 0.0950. The first-order valence-corrected chi connectivity index (χ1v) is 7.34. The fourth-order valence-electron chi connectivity index (χ4n) is 1.80. The molecule has 3 aromatic rings. The van der Waals surface area contributed by atoms with E-state index in [-0.39, 0.29) is 5.91 Å². The molecule has 2 heterocycles. The highest BCUT2D eigenvalue weighted by atomic mass is 79.9. The number of carbonyl (C=O) groups is 1. The molecule has 0 unspecified atom stereocenters. The second kappa shape index (κ2) is 5.14. The van der Waals surface area contributed by atoms with Gasteiger partial charge in [-0.3, -0.25) is 9.20 Å². The number of aromatic nitrogens is 2. The minimum atomic E-state index is -0.0826. The summed E-state index contributed by atoms with van der Waals surface area (Å²) in [4.78, 5) is 17.1. The topological polar surface area (TPSA) is 46.4 Å². The van der Waals surface area contributed by atoms with E-state index in [2.05, 4.69) is 26.2 Å². The van der Waals surface area contributed by atoms with Crippen molar-refractivity contribution in [2.45, 2.75) is 6.54 Å². The molecule has 6 heteroatoms. The van der Waals surface area contributed by atoms with Crippen LogP contribution in [-0.2, 0) is 6.54 Å². The van der Waals surface area contributed by atoms with Crippen molar-refractivity contribution in [2.24, 2.45) is 0 Å². The van der Waals surface area contributed by atoms with Crippen LogP contribution in [0.4, 0.5) is 0 Å². The number of halogens is 1. The molecule has 96 valence electrons. The van der Waals surface area contributed by atoms with E-state index in [4.69, 9.17) is 0 Å². The van der Waals surface area contributed by atoms with Crippen LogP contribution in [0.1, 0.15) is 16.1 Å². The molecule has 0 atom stereocenters. The van der Waals surface area contributed by atoms with Gasteiger partial charge >= 0.3 is 0 Å². The fraction of sp³-hybridized carbons (Fsp3) is 0.0769. The number of thiazole rings is 1. The van der Waals surface area contributed by atoms with Gasteiger partial charge in [-0.15, -0.1) is 11.3 Å². The van der Waals surface area contributed by atoms with E-state index >= 15 is 0 Å². The van der Waals surface area contributed by atoms with E-state index in [0.717, 1.165) is 15.1 Å². The normalized spacial score (nSPS) is 10.8. The average molecular weight is 336 g/mol. The van der Waals surface area contributed by atoms with E-state index in [1.54, 1.807) is 29.7 Å². The van der Waals surface area contributed by atoms with Crippen molar-refractivity contribution in [1.82, 2.24) is 14.7 Å². The first-order valence-electron chi connectivity index (χ1n) is 5.67. The number of hydrogen-bond acceptors (Lipinski definition) is 3. The highest BCUT2D eigenvalue weighted by Gasteiger charge is 2.08. The summed E-state index contributed by atoms with van der Waals surface area (Å²) in [6, 6.07) is 7.33. The summed E-state index contributed by atoms with van der Waals surface area (Å²) >= 11 is 4.92. The number of rotatable bonds is 3. The molecule has 0 spiro atoms. The molecule has 0 aliphatic carbocycles. The first-order chi connectivity index (χ1) is 9.24. The SMILES string of the molecule is O=C(NCc1csc2nccn12)c1cccc(Br)c1. The molecule has 0 radical (unpaired) electrons. The molecule has 1 amide bonds. The van der Waals surface area contributed by atoms with Crippen LogP contribution in [0.15, 0.2) is 46.5 Å². The Morgan fingerprint density at radius 1 is 1.47 bits per heavy atom. The van der Waals surface area contributed by atoms with Gasteiger partial charge in [-0.2, -0.15) is 0 Å². The zero-order valence-corrected chi connectivity index (χ0v) is 12.2. The summed E-state index contributed by atoms with van der Waals surface area (Å²) in [5.41, 5.74) is 1.67. The Balaban J connectivity index is 1.73. The molecule has 4 nitrogen and oxygen atoms in total. The predicted octanol–water partition coefficient (Wildman–Crippen LogP) is 3.09. The summed E-state index contributed by atoms with van der Waals surface area (Å²) in [6.45, 7) is 0.488. The van der Waals surface area contributed by atoms with Gasteiger partial charge in [0.15, 0.2) is 4.96 Å². The number of amides is 1. The highest BCUT2D eigenvalue weighted by molar-refractivity contribution is 9.10. The second-order valence-corrected chi connectivity index (χ2v) is 5.75. The Bertz CT molecular complexity index is 734. The second-order valence-electron chi connectivity index (χ2n) is 4.00. The molecule has 3 rings (SSSR count). The van der Waals surface area contributed by atoms with E-state index in [0.29, 0.717) is 12.1 Å². The molecular weight excluding hydrogens is 326 g/mol.